The Labute approximate surface area is 177 Å². The fourth-order valence-corrected chi connectivity index (χ4v) is 5.53. The van der Waals surface area contributed by atoms with Crippen LogP contribution in [0.2, 0.25) is 0 Å². The summed E-state index contributed by atoms with van der Waals surface area (Å²) in [6.07, 6.45) is 3.26. The van der Waals surface area contributed by atoms with Gasteiger partial charge in [0.1, 0.15) is 10.6 Å². The van der Waals surface area contributed by atoms with E-state index in [1.807, 2.05) is 24.3 Å². The van der Waals surface area contributed by atoms with Crippen LogP contribution in [0.3, 0.4) is 0 Å². The first-order valence-electron chi connectivity index (χ1n) is 10.3. The fourth-order valence-electron chi connectivity index (χ4n) is 3.94. The van der Waals surface area contributed by atoms with Gasteiger partial charge in [-0.3, -0.25) is 9.69 Å². The van der Waals surface area contributed by atoms with Crippen LogP contribution in [0.25, 0.3) is 0 Å². The number of rotatable bonds is 6. The number of aryl methyl sites for hydroxylation is 1. The first kappa shape index (κ1) is 21.0. The minimum Gasteiger partial charge on any atom is -0.379 e. The summed E-state index contributed by atoms with van der Waals surface area (Å²) in [6, 6.07) is 9.21. The second kappa shape index (κ2) is 8.89. The Hall–Kier alpha value is -2.20. The van der Waals surface area contributed by atoms with E-state index in [1.54, 1.807) is 11.6 Å². The fraction of sp³-hybridized carbons (Fsp3) is 0.476. The highest BCUT2D eigenvalue weighted by molar-refractivity contribution is 7.89. The van der Waals surface area contributed by atoms with Crippen molar-refractivity contribution in [1.82, 2.24) is 13.8 Å². The van der Waals surface area contributed by atoms with Crippen LogP contribution in [0.5, 0.6) is 0 Å². The summed E-state index contributed by atoms with van der Waals surface area (Å²) in [5, 5.41) is 2.90. The Balaban J connectivity index is 1.46. The molecule has 2 aliphatic rings. The monoisotopic (exact) mass is 432 g/mol. The van der Waals surface area contributed by atoms with Crippen molar-refractivity contribution < 1.29 is 17.9 Å². The first-order valence-corrected chi connectivity index (χ1v) is 11.7. The number of nitrogens with one attached hydrogen (secondary N) is 1. The van der Waals surface area contributed by atoms with Gasteiger partial charge in [-0.2, -0.15) is 4.31 Å². The topological polar surface area (TPSA) is 83.9 Å². The number of ether oxygens (including phenoxy) is 1. The molecule has 30 heavy (non-hydrogen) atoms. The SMILES string of the molecule is Cn1cc(S(=O)(=O)N2CCCC2)cc1C(=O)Nc1cccc(CN2CCOCC2)c1. The first-order chi connectivity index (χ1) is 14.4. The molecule has 1 N–H and O–H groups in total. The lowest BCUT2D eigenvalue weighted by Crippen LogP contribution is -2.35. The molecular formula is C21H28N4O4S. The van der Waals surface area contributed by atoms with Crippen LogP contribution in [0.15, 0.2) is 41.4 Å². The maximum Gasteiger partial charge on any atom is 0.272 e. The largest absolute Gasteiger partial charge is 0.379 e. The molecule has 9 heteroatoms. The predicted octanol–water partition coefficient (Wildman–Crippen LogP) is 1.89. The second-order valence-electron chi connectivity index (χ2n) is 7.83. The molecule has 1 aromatic heterocycles. The molecule has 2 aliphatic heterocycles. The van der Waals surface area contributed by atoms with Crippen molar-refractivity contribution in [3.05, 3.63) is 47.8 Å². The number of benzene rings is 1. The average Bonchev–Trinajstić information content (AvgIpc) is 3.40. The Bertz CT molecular complexity index is 1010. The van der Waals surface area contributed by atoms with E-state index >= 15 is 0 Å². The van der Waals surface area contributed by atoms with E-state index in [0.29, 0.717) is 24.5 Å². The van der Waals surface area contributed by atoms with E-state index in [2.05, 4.69) is 10.2 Å². The van der Waals surface area contributed by atoms with Gasteiger partial charge < -0.3 is 14.6 Å². The number of hydrogen-bond donors (Lipinski definition) is 1. The third kappa shape index (κ3) is 4.59. The van der Waals surface area contributed by atoms with E-state index < -0.39 is 10.0 Å². The minimum atomic E-state index is -3.55. The molecule has 0 spiro atoms. The van der Waals surface area contributed by atoms with Gasteiger partial charge in [0, 0.05) is 51.7 Å². The number of nitrogens with zero attached hydrogens (tertiary/aromatic N) is 3. The van der Waals surface area contributed by atoms with Crippen molar-refractivity contribution in [2.45, 2.75) is 24.3 Å². The molecule has 2 fully saturated rings. The lowest BCUT2D eigenvalue weighted by Gasteiger charge is -2.26. The van der Waals surface area contributed by atoms with Crippen LogP contribution < -0.4 is 5.32 Å². The number of sulfonamides is 1. The molecule has 0 aliphatic carbocycles. The van der Waals surface area contributed by atoms with Gasteiger partial charge in [-0.1, -0.05) is 12.1 Å². The molecule has 1 aromatic carbocycles. The predicted molar refractivity (Wildman–Crippen MR) is 114 cm³/mol. The summed E-state index contributed by atoms with van der Waals surface area (Å²) in [5.41, 5.74) is 2.11. The van der Waals surface area contributed by atoms with E-state index in [4.69, 9.17) is 4.74 Å². The van der Waals surface area contributed by atoms with Gasteiger partial charge in [0.05, 0.1) is 13.2 Å². The van der Waals surface area contributed by atoms with Crippen molar-refractivity contribution in [2.75, 3.05) is 44.7 Å². The van der Waals surface area contributed by atoms with Gasteiger partial charge in [-0.15, -0.1) is 0 Å². The number of amides is 1. The van der Waals surface area contributed by atoms with Crippen molar-refractivity contribution in [2.24, 2.45) is 7.05 Å². The van der Waals surface area contributed by atoms with Crippen molar-refractivity contribution in [1.29, 1.82) is 0 Å². The van der Waals surface area contributed by atoms with E-state index in [0.717, 1.165) is 51.3 Å². The summed E-state index contributed by atoms with van der Waals surface area (Å²) in [5.74, 6) is -0.330. The molecule has 1 amide bonds. The summed E-state index contributed by atoms with van der Waals surface area (Å²) < 4.78 is 34.0. The number of morpholine rings is 1. The lowest BCUT2D eigenvalue weighted by atomic mass is 10.1. The molecule has 0 radical (unpaired) electrons. The highest BCUT2D eigenvalue weighted by atomic mass is 32.2. The van der Waals surface area contributed by atoms with Crippen molar-refractivity contribution in [3.63, 3.8) is 0 Å². The number of hydrogen-bond acceptors (Lipinski definition) is 5. The van der Waals surface area contributed by atoms with Crippen molar-refractivity contribution >= 4 is 21.6 Å². The highest BCUT2D eigenvalue weighted by Gasteiger charge is 2.29. The highest BCUT2D eigenvalue weighted by Crippen LogP contribution is 2.23. The smallest absolute Gasteiger partial charge is 0.272 e. The molecule has 0 unspecified atom stereocenters. The molecule has 2 saturated heterocycles. The van der Waals surface area contributed by atoms with Crippen LogP contribution in [0, 0.1) is 0 Å². The molecule has 3 heterocycles. The zero-order valence-corrected chi connectivity index (χ0v) is 18.0. The normalized spacial score (nSPS) is 18.6. The van der Waals surface area contributed by atoms with Crippen LogP contribution >= 0.6 is 0 Å². The molecular weight excluding hydrogens is 404 g/mol. The third-order valence-corrected chi connectivity index (χ3v) is 7.47. The molecule has 8 nitrogen and oxygen atoms in total. The summed E-state index contributed by atoms with van der Waals surface area (Å²) in [7, 11) is -1.87. The summed E-state index contributed by atoms with van der Waals surface area (Å²) in [6.45, 7) is 5.15. The van der Waals surface area contributed by atoms with Crippen LogP contribution in [-0.4, -0.2) is 67.5 Å². The Kier molecular flexibility index (Phi) is 6.24. The third-order valence-electron chi connectivity index (χ3n) is 5.61. The molecule has 4 rings (SSSR count). The summed E-state index contributed by atoms with van der Waals surface area (Å²) in [4.78, 5) is 15.3. The minimum absolute atomic E-state index is 0.165. The zero-order chi connectivity index (χ0) is 21.1. The maximum absolute atomic E-state index is 12.8. The van der Waals surface area contributed by atoms with Crippen LogP contribution in [0.1, 0.15) is 28.9 Å². The number of carbonyl (C=O) groups excluding carboxylic acids is 1. The van der Waals surface area contributed by atoms with E-state index in [1.165, 1.54) is 16.6 Å². The zero-order valence-electron chi connectivity index (χ0n) is 17.2. The quantitative estimate of drug-likeness (QED) is 0.754. The van der Waals surface area contributed by atoms with Gasteiger partial charge in [0.15, 0.2) is 0 Å². The van der Waals surface area contributed by atoms with E-state index in [-0.39, 0.29) is 10.8 Å². The molecule has 162 valence electrons. The van der Waals surface area contributed by atoms with Gasteiger partial charge in [-0.05, 0) is 36.6 Å². The van der Waals surface area contributed by atoms with Crippen molar-refractivity contribution in [3.8, 4) is 0 Å². The number of carbonyl (C=O) groups is 1. The standard InChI is InChI=1S/C21H28N4O4S/c1-23-16-19(30(27,28)25-7-2-3-8-25)14-20(23)21(26)22-18-6-4-5-17(13-18)15-24-9-11-29-12-10-24/h4-6,13-14,16H,2-3,7-12,15H2,1H3,(H,22,26). The lowest BCUT2D eigenvalue weighted by molar-refractivity contribution is 0.0342. The second-order valence-corrected chi connectivity index (χ2v) is 9.76. The molecule has 0 atom stereocenters. The van der Waals surface area contributed by atoms with E-state index in [9.17, 15) is 13.2 Å². The Morgan fingerprint density at radius 2 is 1.83 bits per heavy atom. The molecule has 0 bridgehead atoms. The van der Waals surface area contributed by atoms with Gasteiger partial charge in [0.2, 0.25) is 10.0 Å². The van der Waals surface area contributed by atoms with Crippen LogP contribution in [0.4, 0.5) is 5.69 Å². The molecule has 0 saturated carbocycles. The Morgan fingerprint density at radius 1 is 1.10 bits per heavy atom. The van der Waals surface area contributed by atoms with Crippen LogP contribution in [-0.2, 0) is 28.4 Å². The summed E-state index contributed by atoms with van der Waals surface area (Å²) >= 11 is 0. The number of anilines is 1. The Morgan fingerprint density at radius 3 is 2.57 bits per heavy atom. The average molecular weight is 433 g/mol. The van der Waals surface area contributed by atoms with Gasteiger partial charge >= 0.3 is 0 Å². The maximum atomic E-state index is 12.8. The van der Waals surface area contributed by atoms with Gasteiger partial charge in [-0.25, -0.2) is 8.42 Å². The number of aromatic nitrogens is 1. The molecule has 2 aromatic rings. The van der Waals surface area contributed by atoms with Gasteiger partial charge in [0.25, 0.3) is 5.91 Å².